The number of nitrogens with one attached hydrogen (secondary N) is 1. The van der Waals surface area contributed by atoms with Crippen molar-refractivity contribution in [2.75, 3.05) is 13.7 Å². The van der Waals surface area contributed by atoms with E-state index in [1.807, 2.05) is 41.1 Å². The van der Waals surface area contributed by atoms with Crippen LogP contribution in [0.25, 0.3) is 10.9 Å². The van der Waals surface area contributed by atoms with Crippen molar-refractivity contribution in [2.24, 2.45) is 0 Å². The number of benzene rings is 3. The lowest BCUT2D eigenvalue weighted by Gasteiger charge is -2.30. The topological polar surface area (TPSA) is 88.9 Å². The van der Waals surface area contributed by atoms with Gasteiger partial charge in [0.15, 0.2) is 5.82 Å². The van der Waals surface area contributed by atoms with Gasteiger partial charge in [-0.1, -0.05) is 61.5 Å². The predicted octanol–water partition coefficient (Wildman–Crippen LogP) is 5.38. The normalized spacial score (nSPS) is 12.2. The number of hydrogen-bond acceptors (Lipinski definition) is 6. The molecule has 2 aromatic heterocycles. The minimum Gasteiger partial charge on any atom is -0.497 e. The maximum atomic E-state index is 13.3. The van der Waals surface area contributed by atoms with E-state index in [1.54, 1.807) is 7.11 Å². The molecule has 0 aliphatic rings. The average molecular weight is 537 g/mol. The summed E-state index contributed by atoms with van der Waals surface area (Å²) in [5, 5.41) is 13.9. The first kappa shape index (κ1) is 27.3. The van der Waals surface area contributed by atoms with Gasteiger partial charge in [-0.25, -0.2) is 4.68 Å². The van der Waals surface area contributed by atoms with Crippen LogP contribution in [0.2, 0.25) is 0 Å². The summed E-state index contributed by atoms with van der Waals surface area (Å²) in [6.07, 6.45) is 1.64. The van der Waals surface area contributed by atoms with E-state index in [2.05, 4.69) is 82.6 Å². The van der Waals surface area contributed by atoms with E-state index in [9.17, 15) is 4.79 Å². The highest BCUT2D eigenvalue weighted by molar-refractivity contribution is 5.83. The zero-order chi connectivity index (χ0) is 28.1. The molecular weight excluding hydrogens is 500 g/mol. The number of tetrazole rings is 1. The molecule has 206 valence electrons. The molecule has 0 bridgehead atoms. The third kappa shape index (κ3) is 5.97. The van der Waals surface area contributed by atoms with Crippen molar-refractivity contribution in [1.29, 1.82) is 0 Å². The first-order valence-corrected chi connectivity index (χ1v) is 13.8. The molecule has 0 amide bonds. The molecule has 8 heteroatoms. The summed E-state index contributed by atoms with van der Waals surface area (Å²) in [5.41, 5.74) is 6.17. The first-order valence-electron chi connectivity index (χ1n) is 13.8. The van der Waals surface area contributed by atoms with Crippen molar-refractivity contribution in [3.05, 3.63) is 117 Å². The van der Waals surface area contributed by atoms with Crippen LogP contribution in [0.15, 0.2) is 77.6 Å². The fraction of sp³-hybridized carbons (Fsp3) is 0.312. The van der Waals surface area contributed by atoms with Crippen LogP contribution in [0, 0.1) is 13.8 Å². The number of pyridine rings is 1. The zero-order valence-electron chi connectivity index (χ0n) is 23.6. The molecule has 0 radical (unpaired) electrons. The van der Waals surface area contributed by atoms with Gasteiger partial charge in [-0.2, -0.15) is 0 Å². The Labute approximate surface area is 234 Å². The Morgan fingerprint density at radius 1 is 1.00 bits per heavy atom. The van der Waals surface area contributed by atoms with Crippen LogP contribution in [-0.4, -0.2) is 43.7 Å². The van der Waals surface area contributed by atoms with Gasteiger partial charge in [0.2, 0.25) is 0 Å². The van der Waals surface area contributed by atoms with Gasteiger partial charge in [0.05, 0.1) is 25.2 Å². The van der Waals surface area contributed by atoms with E-state index in [0.717, 1.165) is 64.1 Å². The average Bonchev–Trinajstić information content (AvgIpc) is 3.43. The quantitative estimate of drug-likeness (QED) is 0.244. The van der Waals surface area contributed by atoms with Gasteiger partial charge in [-0.15, -0.1) is 5.10 Å². The van der Waals surface area contributed by atoms with Crippen molar-refractivity contribution in [2.45, 2.75) is 52.7 Å². The standard InChI is InChI=1S/C32H36N6O2/c1-5-29(31-34-35-36-38(31)20-25-12-15-28(40-4)16-13-25)37(18-17-24-9-7-6-8-10-24)21-27-19-26-14-11-22(2)23(3)30(26)33-32(27)39/h6-16,19,29H,5,17-18,20-21H2,1-4H3,(H,33,39)/t29-/m1/s1. The van der Waals surface area contributed by atoms with Gasteiger partial charge in [0.25, 0.3) is 5.56 Å². The van der Waals surface area contributed by atoms with Crippen LogP contribution in [0.4, 0.5) is 0 Å². The summed E-state index contributed by atoms with van der Waals surface area (Å²) >= 11 is 0. The smallest absolute Gasteiger partial charge is 0.252 e. The molecule has 0 unspecified atom stereocenters. The lowest BCUT2D eigenvalue weighted by molar-refractivity contribution is 0.172. The molecule has 5 aromatic rings. The highest BCUT2D eigenvalue weighted by Crippen LogP contribution is 2.26. The number of aryl methyl sites for hydroxylation is 2. The monoisotopic (exact) mass is 536 g/mol. The van der Waals surface area contributed by atoms with Gasteiger partial charge in [-0.3, -0.25) is 9.69 Å². The zero-order valence-corrected chi connectivity index (χ0v) is 23.6. The van der Waals surface area contributed by atoms with E-state index in [0.29, 0.717) is 13.1 Å². The van der Waals surface area contributed by atoms with Crippen LogP contribution >= 0.6 is 0 Å². The van der Waals surface area contributed by atoms with Crippen LogP contribution in [0.1, 0.15) is 53.0 Å². The van der Waals surface area contributed by atoms with Gasteiger partial charge in [0.1, 0.15) is 5.75 Å². The molecule has 5 rings (SSSR count). The SMILES string of the molecule is CC[C@H](c1nnnn1Cc1ccc(OC)cc1)N(CCc1ccccc1)Cc1cc2ccc(C)c(C)c2[nH]c1=O. The Kier molecular flexibility index (Phi) is 8.36. The van der Waals surface area contributed by atoms with E-state index in [4.69, 9.17) is 4.74 Å². The van der Waals surface area contributed by atoms with E-state index < -0.39 is 0 Å². The number of aromatic nitrogens is 5. The van der Waals surface area contributed by atoms with E-state index in [1.165, 1.54) is 5.56 Å². The van der Waals surface area contributed by atoms with Crippen LogP contribution in [-0.2, 0) is 19.5 Å². The Morgan fingerprint density at radius 2 is 1.77 bits per heavy atom. The third-order valence-corrected chi connectivity index (χ3v) is 7.71. The second-order valence-corrected chi connectivity index (χ2v) is 10.3. The maximum absolute atomic E-state index is 13.3. The fourth-order valence-corrected chi connectivity index (χ4v) is 5.24. The van der Waals surface area contributed by atoms with Crippen molar-refractivity contribution < 1.29 is 4.74 Å². The molecule has 0 spiro atoms. The largest absolute Gasteiger partial charge is 0.497 e. The molecule has 0 saturated carbocycles. The molecule has 1 N–H and O–H groups in total. The number of H-pyrrole nitrogens is 1. The molecule has 1 atom stereocenters. The summed E-state index contributed by atoms with van der Waals surface area (Å²) in [6, 6.07) is 24.5. The minimum absolute atomic E-state index is 0.0569. The molecule has 2 heterocycles. The van der Waals surface area contributed by atoms with Crippen LogP contribution in [0.5, 0.6) is 5.75 Å². The molecule has 0 aliphatic carbocycles. The third-order valence-electron chi connectivity index (χ3n) is 7.71. The van der Waals surface area contributed by atoms with Gasteiger partial charge >= 0.3 is 0 Å². The summed E-state index contributed by atoms with van der Waals surface area (Å²) in [5.74, 6) is 1.60. The molecule has 8 nitrogen and oxygen atoms in total. The maximum Gasteiger partial charge on any atom is 0.252 e. The number of aromatic amines is 1. The summed E-state index contributed by atoms with van der Waals surface area (Å²) < 4.78 is 7.17. The predicted molar refractivity (Wildman–Crippen MR) is 158 cm³/mol. The molecule has 0 fully saturated rings. The minimum atomic E-state index is -0.0770. The number of fused-ring (bicyclic) bond motifs is 1. The number of nitrogens with zero attached hydrogens (tertiary/aromatic N) is 5. The van der Waals surface area contributed by atoms with Gasteiger partial charge < -0.3 is 9.72 Å². The Morgan fingerprint density at radius 3 is 2.50 bits per heavy atom. The summed E-state index contributed by atoms with van der Waals surface area (Å²) in [4.78, 5) is 18.8. The Balaban J connectivity index is 1.48. The lowest BCUT2D eigenvalue weighted by atomic mass is 10.0. The molecular formula is C32H36N6O2. The summed E-state index contributed by atoms with van der Waals surface area (Å²) in [6.45, 7) is 8.04. The number of methoxy groups -OCH3 is 1. The second-order valence-electron chi connectivity index (χ2n) is 10.3. The first-order chi connectivity index (χ1) is 19.5. The Hall–Kier alpha value is -4.30. The summed E-state index contributed by atoms with van der Waals surface area (Å²) in [7, 11) is 1.66. The van der Waals surface area contributed by atoms with Crippen molar-refractivity contribution >= 4 is 10.9 Å². The fourth-order valence-electron chi connectivity index (χ4n) is 5.24. The van der Waals surface area contributed by atoms with Crippen LogP contribution in [0.3, 0.4) is 0 Å². The highest BCUT2D eigenvalue weighted by Gasteiger charge is 2.26. The molecule has 0 saturated heterocycles. The Bertz CT molecular complexity index is 1630. The number of rotatable bonds is 11. The molecule has 40 heavy (non-hydrogen) atoms. The molecule has 3 aromatic carbocycles. The van der Waals surface area contributed by atoms with Gasteiger partial charge in [-0.05, 0) is 83.0 Å². The van der Waals surface area contributed by atoms with E-state index >= 15 is 0 Å². The van der Waals surface area contributed by atoms with Gasteiger partial charge in [0, 0.05) is 18.7 Å². The van der Waals surface area contributed by atoms with Crippen molar-refractivity contribution in [3.8, 4) is 5.75 Å². The number of hydrogen-bond donors (Lipinski definition) is 1. The molecule has 0 aliphatic heterocycles. The van der Waals surface area contributed by atoms with Crippen molar-refractivity contribution in [3.63, 3.8) is 0 Å². The highest BCUT2D eigenvalue weighted by atomic mass is 16.5. The van der Waals surface area contributed by atoms with Crippen LogP contribution < -0.4 is 10.3 Å². The lowest BCUT2D eigenvalue weighted by Crippen LogP contribution is -2.34. The van der Waals surface area contributed by atoms with E-state index in [-0.39, 0.29) is 11.6 Å². The number of ether oxygens (including phenoxy) is 1. The second kappa shape index (κ2) is 12.3. The van der Waals surface area contributed by atoms with Crippen molar-refractivity contribution in [1.82, 2.24) is 30.1 Å².